The number of aromatic carboxylic acids is 1. The van der Waals surface area contributed by atoms with E-state index in [-0.39, 0.29) is 11.4 Å². The molecule has 5 nitrogen and oxygen atoms in total. The Hall–Kier alpha value is -2.24. The van der Waals surface area contributed by atoms with Crippen LogP contribution < -0.4 is 0 Å². The highest BCUT2D eigenvalue weighted by Gasteiger charge is 2.52. The van der Waals surface area contributed by atoms with Gasteiger partial charge in [0, 0.05) is 24.3 Å². The maximum atomic E-state index is 13.9. The number of hydrogen-bond acceptors (Lipinski definition) is 4. The second-order valence-electron chi connectivity index (χ2n) is 6.57. The average Bonchev–Trinajstić information content (AvgIpc) is 3.18. The minimum atomic E-state index is -3.41. The zero-order chi connectivity index (χ0) is 20.7. The van der Waals surface area contributed by atoms with E-state index in [1.165, 1.54) is 18.2 Å². The van der Waals surface area contributed by atoms with Crippen molar-refractivity contribution in [2.75, 3.05) is 6.54 Å². The van der Waals surface area contributed by atoms with Gasteiger partial charge in [0.1, 0.15) is 4.88 Å². The number of carboxylic acids is 1. The number of aliphatic hydroxyl groups is 1. The molecular formula is C20H23F2NO4S. The molecule has 1 aromatic heterocycles. The fourth-order valence-electron chi connectivity index (χ4n) is 3.01. The molecule has 8 heteroatoms. The number of thiophene rings is 1. The van der Waals surface area contributed by atoms with Gasteiger partial charge in [-0.15, -0.1) is 23.2 Å². The summed E-state index contributed by atoms with van der Waals surface area (Å²) in [6.07, 6.45) is 3.36. The van der Waals surface area contributed by atoms with Crippen LogP contribution in [0.4, 0.5) is 8.78 Å². The van der Waals surface area contributed by atoms with Gasteiger partial charge in [0.15, 0.2) is 0 Å². The van der Waals surface area contributed by atoms with Crippen LogP contribution in [0, 0.1) is 11.8 Å². The van der Waals surface area contributed by atoms with Gasteiger partial charge in [0.05, 0.1) is 12.1 Å². The van der Waals surface area contributed by atoms with Crippen molar-refractivity contribution in [1.82, 2.24) is 4.90 Å². The highest BCUT2D eigenvalue weighted by molar-refractivity contribution is 7.13. The summed E-state index contributed by atoms with van der Waals surface area (Å²) in [5, 5.41) is 18.8. The largest absolute Gasteiger partial charge is 0.477 e. The molecule has 0 aromatic carbocycles. The first-order valence-corrected chi connectivity index (χ1v) is 9.83. The summed E-state index contributed by atoms with van der Waals surface area (Å²) in [6.45, 7) is 1.84. The Labute approximate surface area is 166 Å². The van der Waals surface area contributed by atoms with Gasteiger partial charge in [-0.05, 0) is 38.3 Å². The molecule has 0 spiro atoms. The molecule has 1 aliphatic rings. The molecule has 28 heavy (non-hydrogen) atoms. The molecule has 2 rings (SSSR count). The van der Waals surface area contributed by atoms with Crippen LogP contribution in [0.25, 0.3) is 0 Å². The van der Waals surface area contributed by atoms with E-state index in [4.69, 9.17) is 5.11 Å². The zero-order valence-electron chi connectivity index (χ0n) is 15.5. The Morgan fingerprint density at radius 2 is 2.25 bits per heavy atom. The van der Waals surface area contributed by atoms with E-state index >= 15 is 0 Å². The first-order chi connectivity index (χ1) is 13.2. The Morgan fingerprint density at radius 3 is 2.89 bits per heavy atom. The second-order valence-corrected chi connectivity index (χ2v) is 7.74. The number of amides is 1. The third-order valence-electron chi connectivity index (χ3n) is 4.43. The smallest absolute Gasteiger partial charge is 0.345 e. The summed E-state index contributed by atoms with van der Waals surface area (Å²) in [6, 6.07) is 2.43. The van der Waals surface area contributed by atoms with Crippen LogP contribution in [0.2, 0.25) is 0 Å². The quantitative estimate of drug-likeness (QED) is 0.483. The fourth-order valence-corrected chi connectivity index (χ4v) is 3.90. The highest BCUT2D eigenvalue weighted by atomic mass is 32.1. The summed E-state index contributed by atoms with van der Waals surface area (Å²) in [4.78, 5) is 25.1. The van der Waals surface area contributed by atoms with Crippen LogP contribution in [0.5, 0.6) is 0 Å². The molecule has 2 N–H and O–H groups in total. The number of rotatable bonds is 9. The lowest BCUT2D eigenvalue weighted by Gasteiger charge is -2.21. The van der Waals surface area contributed by atoms with Gasteiger partial charge in [-0.25, -0.2) is 4.79 Å². The molecule has 1 amide bonds. The van der Waals surface area contributed by atoms with Crippen LogP contribution in [0.15, 0.2) is 24.3 Å². The topological polar surface area (TPSA) is 77.8 Å². The van der Waals surface area contributed by atoms with Crippen LogP contribution in [-0.2, 0) is 11.2 Å². The lowest BCUT2D eigenvalue weighted by Crippen LogP contribution is -2.36. The summed E-state index contributed by atoms with van der Waals surface area (Å²) in [7, 11) is 0. The number of alkyl halides is 2. The molecular weight excluding hydrogens is 388 g/mol. The fraction of sp³-hybridized carbons (Fsp3) is 0.500. The summed E-state index contributed by atoms with van der Waals surface area (Å²) >= 11 is 1.14. The van der Waals surface area contributed by atoms with Crippen LogP contribution in [0.1, 0.15) is 47.2 Å². The van der Waals surface area contributed by atoms with E-state index in [1.54, 1.807) is 13.0 Å². The third kappa shape index (κ3) is 5.88. The Kier molecular flexibility index (Phi) is 7.72. The minimum absolute atomic E-state index is 0.140. The highest BCUT2D eigenvalue weighted by Crippen LogP contribution is 2.34. The molecule has 1 saturated heterocycles. The van der Waals surface area contributed by atoms with Gasteiger partial charge in [-0.2, -0.15) is 8.78 Å². The molecule has 0 saturated carbocycles. The SMILES string of the molecule is CC#CCC[C@H](O)/C=C/[C@H]1CC(F)(F)C(=O)N1CCCc1ccc(C(=O)O)s1. The maximum Gasteiger partial charge on any atom is 0.345 e. The number of carbonyl (C=O) groups is 2. The van der Waals surface area contributed by atoms with Crippen molar-refractivity contribution in [2.45, 2.75) is 57.1 Å². The molecule has 0 radical (unpaired) electrons. The van der Waals surface area contributed by atoms with E-state index in [0.29, 0.717) is 25.7 Å². The molecule has 152 valence electrons. The second kappa shape index (κ2) is 9.80. The molecule has 0 aliphatic carbocycles. The van der Waals surface area contributed by atoms with Gasteiger partial charge in [-0.1, -0.05) is 12.2 Å². The molecule has 1 aliphatic heterocycles. The third-order valence-corrected chi connectivity index (χ3v) is 5.56. The van der Waals surface area contributed by atoms with Gasteiger partial charge in [0.25, 0.3) is 5.91 Å². The summed E-state index contributed by atoms with van der Waals surface area (Å²) < 4.78 is 27.8. The van der Waals surface area contributed by atoms with E-state index in [2.05, 4.69) is 11.8 Å². The zero-order valence-corrected chi connectivity index (χ0v) is 16.3. The molecule has 1 fully saturated rings. The predicted octanol–water partition coefficient (Wildman–Crippen LogP) is 3.34. The van der Waals surface area contributed by atoms with E-state index < -0.39 is 36.4 Å². The normalized spacial score (nSPS) is 19.6. The van der Waals surface area contributed by atoms with E-state index in [0.717, 1.165) is 21.1 Å². The van der Waals surface area contributed by atoms with Crippen LogP contribution in [0.3, 0.4) is 0 Å². The van der Waals surface area contributed by atoms with Crippen molar-refractivity contribution in [3.05, 3.63) is 34.0 Å². The van der Waals surface area contributed by atoms with Crippen molar-refractivity contribution in [3.8, 4) is 11.8 Å². The average molecular weight is 411 g/mol. The monoisotopic (exact) mass is 411 g/mol. The van der Waals surface area contributed by atoms with Crippen LogP contribution in [-0.4, -0.2) is 51.6 Å². The maximum absolute atomic E-state index is 13.9. The Morgan fingerprint density at radius 1 is 1.50 bits per heavy atom. The minimum Gasteiger partial charge on any atom is -0.477 e. The van der Waals surface area contributed by atoms with Gasteiger partial charge in [0.2, 0.25) is 0 Å². The lowest BCUT2D eigenvalue weighted by molar-refractivity contribution is -0.148. The number of likely N-dealkylation sites (tertiary alicyclic amines) is 1. The van der Waals surface area contributed by atoms with Gasteiger partial charge >= 0.3 is 11.9 Å². The number of aliphatic hydroxyl groups excluding tert-OH is 1. The molecule has 0 unspecified atom stereocenters. The lowest BCUT2D eigenvalue weighted by atomic mass is 10.1. The Balaban J connectivity index is 1.94. The van der Waals surface area contributed by atoms with Gasteiger partial charge < -0.3 is 15.1 Å². The van der Waals surface area contributed by atoms with Gasteiger partial charge in [-0.3, -0.25) is 4.79 Å². The predicted molar refractivity (Wildman–Crippen MR) is 102 cm³/mol. The van der Waals surface area contributed by atoms with Crippen molar-refractivity contribution >= 4 is 23.2 Å². The number of carbonyl (C=O) groups excluding carboxylic acids is 1. The first-order valence-electron chi connectivity index (χ1n) is 9.01. The van der Waals surface area contributed by atoms with Crippen molar-refractivity contribution < 1.29 is 28.6 Å². The number of carboxylic acid groups (broad SMARTS) is 1. The molecule has 0 bridgehead atoms. The van der Waals surface area contributed by atoms with Crippen molar-refractivity contribution in [2.24, 2.45) is 0 Å². The van der Waals surface area contributed by atoms with Crippen molar-refractivity contribution in [1.29, 1.82) is 0 Å². The standard InChI is InChI=1S/C20H23F2NO4S/c1-2-3-4-6-15(24)9-8-14-13-20(21,22)19(27)23(14)12-5-7-16-10-11-17(28-16)18(25)26/h8-11,14-15,24H,4-7,12-13H2,1H3,(H,25,26)/b9-8+/t14-,15-/m0/s1. The summed E-state index contributed by atoms with van der Waals surface area (Å²) in [5.74, 6) is -0.0700. The number of aryl methyl sites for hydroxylation is 1. The van der Waals surface area contributed by atoms with Crippen LogP contribution >= 0.6 is 11.3 Å². The molecule has 1 aromatic rings. The number of halogens is 2. The number of nitrogens with zero attached hydrogens (tertiary/aromatic N) is 1. The van der Waals surface area contributed by atoms with E-state index in [1.807, 2.05) is 0 Å². The summed E-state index contributed by atoms with van der Waals surface area (Å²) in [5.41, 5.74) is 0. The number of hydrogen-bond donors (Lipinski definition) is 2. The van der Waals surface area contributed by atoms with E-state index in [9.17, 15) is 23.5 Å². The van der Waals surface area contributed by atoms with Crippen molar-refractivity contribution in [3.63, 3.8) is 0 Å². The first kappa shape index (κ1) is 22.1. The Bertz CT molecular complexity index is 794. The molecule has 2 heterocycles. The molecule has 2 atom stereocenters.